The Morgan fingerprint density at radius 3 is 2.42 bits per heavy atom. The van der Waals surface area contributed by atoms with Gasteiger partial charge >= 0.3 is 0 Å². The Hall–Kier alpha value is -2.40. The van der Waals surface area contributed by atoms with Gasteiger partial charge in [-0.25, -0.2) is 8.42 Å². The van der Waals surface area contributed by atoms with Gasteiger partial charge in [-0.05, 0) is 36.8 Å². The SMILES string of the molecule is CCC(=O)C1=Cc2ccccc2N(S(=O)(=O)c2ccc(C)cc2)C1. The lowest BCUT2D eigenvalue weighted by Gasteiger charge is -2.30. The van der Waals surface area contributed by atoms with E-state index in [4.69, 9.17) is 0 Å². The van der Waals surface area contributed by atoms with E-state index >= 15 is 0 Å². The van der Waals surface area contributed by atoms with Crippen molar-refractivity contribution in [3.05, 3.63) is 65.2 Å². The third-order valence-electron chi connectivity index (χ3n) is 4.14. The average Bonchev–Trinajstić information content (AvgIpc) is 2.60. The van der Waals surface area contributed by atoms with Crippen molar-refractivity contribution in [3.8, 4) is 0 Å². The van der Waals surface area contributed by atoms with Crippen LogP contribution in [0.4, 0.5) is 5.69 Å². The van der Waals surface area contributed by atoms with Crippen LogP contribution in [0.25, 0.3) is 6.08 Å². The van der Waals surface area contributed by atoms with Crippen LogP contribution in [0.15, 0.2) is 59.0 Å². The maximum absolute atomic E-state index is 13.1. The lowest BCUT2D eigenvalue weighted by atomic mass is 10.0. The molecule has 0 bridgehead atoms. The van der Waals surface area contributed by atoms with E-state index in [0.717, 1.165) is 11.1 Å². The molecular weight excluding hydrogens is 322 g/mol. The normalized spacial score (nSPS) is 14.1. The first-order valence-electron chi connectivity index (χ1n) is 7.85. The maximum atomic E-state index is 13.1. The second-order valence-corrected chi connectivity index (χ2v) is 7.69. The van der Waals surface area contributed by atoms with Crippen molar-refractivity contribution in [2.75, 3.05) is 10.8 Å². The molecule has 0 aromatic heterocycles. The van der Waals surface area contributed by atoms with Gasteiger partial charge in [0.25, 0.3) is 10.0 Å². The van der Waals surface area contributed by atoms with Crippen LogP contribution < -0.4 is 4.31 Å². The molecule has 5 heteroatoms. The first-order chi connectivity index (χ1) is 11.4. The molecule has 2 aromatic carbocycles. The van der Waals surface area contributed by atoms with Crippen molar-refractivity contribution in [1.82, 2.24) is 0 Å². The summed E-state index contributed by atoms with van der Waals surface area (Å²) in [5.41, 5.74) is 2.86. The van der Waals surface area contributed by atoms with E-state index in [1.54, 1.807) is 49.4 Å². The van der Waals surface area contributed by atoms with Crippen LogP contribution in [0.5, 0.6) is 0 Å². The topological polar surface area (TPSA) is 54.5 Å². The third-order valence-corrected chi connectivity index (χ3v) is 5.91. The first kappa shape index (κ1) is 16.5. The monoisotopic (exact) mass is 341 g/mol. The van der Waals surface area contributed by atoms with Gasteiger partial charge in [0.1, 0.15) is 0 Å². The largest absolute Gasteiger partial charge is 0.294 e. The summed E-state index contributed by atoms with van der Waals surface area (Å²) in [5, 5.41) is 0. The Morgan fingerprint density at radius 2 is 1.75 bits per heavy atom. The van der Waals surface area contributed by atoms with Crippen molar-refractivity contribution in [3.63, 3.8) is 0 Å². The Morgan fingerprint density at radius 1 is 1.08 bits per heavy atom. The molecule has 3 rings (SSSR count). The molecule has 1 aliphatic heterocycles. The van der Waals surface area contributed by atoms with Gasteiger partial charge in [-0.1, -0.05) is 42.8 Å². The minimum absolute atomic E-state index is 0.0337. The van der Waals surface area contributed by atoms with Gasteiger partial charge in [-0.2, -0.15) is 0 Å². The number of carbonyl (C=O) groups excluding carboxylic acids is 1. The molecule has 0 spiro atoms. The minimum atomic E-state index is -3.73. The minimum Gasteiger partial charge on any atom is -0.294 e. The number of hydrogen-bond acceptors (Lipinski definition) is 3. The van der Waals surface area contributed by atoms with Crippen LogP contribution in [0.2, 0.25) is 0 Å². The third kappa shape index (κ3) is 2.87. The molecule has 124 valence electrons. The zero-order valence-electron chi connectivity index (χ0n) is 13.7. The van der Waals surface area contributed by atoms with E-state index in [0.29, 0.717) is 17.7 Å². The molecule has 24 heavy (non-hydrogen) atoms. The molecule has 0 amide bonds. The molecule has 0 saturated heterocycles. The highest BCUT2D eigenvalue weighted by molar-refractivity contribution is 7.92. The van der Waals surface area contributed by atoms with Gasteiger partial charge in [-0.15, -0.1) is 0 Å². The van der Waals surface area contributed by atoms with Gasteiger partial charge in [0, 0.05) is 12.0 Å². The highest BCUT2D eigenvalue weighted by Crippen LogP contribution is 2.33. The number of benzene rings is 2. The molecule has 1 aliphatic rings. The quantitative estimate of drug-likeness (QED) is 0.854. The number of Topliss-reactive ketones (excluding diaryl/α,β-unsaturated/α-hetero) is 1. The first-order valence-corrected chi connectivity index (χ1v) is 9.29. The summed E-state index contributed by atoms with van der Waals surface area (Å²) in [6, 6.07) is 14.0. The van der Waals surface area contributed by atoms with E-state index < -0.39 is 10.0 Å². The number of sulfonamides is 1. The molecule has 1 heterocycles. The number of fused-ring (bicyclic) bond motifs is 1. The van der Waals surface area contributed by atoms with E-state index in [1.165, 1.54) is 4.31 Å². The molecule has 0 N–H and O–H groups in total. The van der Waals surface area contributed by atoms with Crippen molar-refractivity contribution >= 4 is 27.6 Å². The molecular formula is C19H19NO3S. The number of para-hydroxylation sites is 1. The van der Waals surface area contributed by atoms with Gasteiger partial charge in [-0.3, -0.25) is 9.10 Å². The van der Waals surface area contributed by atoms with Crippen LogP contribution in [0.1, 0.15) is 24.5 Å². The van der Waals surface area contributed by atoms with Crippen molar-refractivity contribution < 1.29 is 13.2 Å². The predicted octanol–water partition coefficient (Wildman–Crippen LogP) is 3.57. The highest BCUT2D eigenvalue weighted by atomic mass is 32.2. The number of carbonyl (C=O) groups is 1. The van der Waals surface area contributed by atoms with Crippen LogP contribution in [0, 0.1) is 6.92 Å². The summed E-state index contributed by atoms with van der Waals surface area (Å²) in [5.74, 6) is -0.0337. The molecule has 0 radical (unpaired) electrons. The second-order valence-electron chi connectivity index (χ2n) is 5.83. The smallest absolute Gasteiger partial charge is 0.264 e. The number of ketones is 1. The summed E-state index contributed by atoms with van der Waals surface area (Å²) < 4.78 is 27.5. The molecule has 0 fully saturated rings. The molecule has 0 saturated carbocycles. The molecule has 0 atom stereocenters. The summed E-state index contributed by atoms with van der Waals surface area (Å²) >= 11 is 0. The van der Waals surface area contributed by atoms with Gasteiger partial charge < -0.3 is 0 Å². The Balaban J connectivity index is 2.12. The van der Waals surface area contributed by atoms with Crippen LogP contribution >= 0.6 is 0 Å². The zero-order chi connectivity index (χ0) is 17.3. The second kappa shape index (κ2) is 6.24. The summed E-state index contributed by atoms with van der Waals surface area (Å²) in [6.45, 7) is 3.76. The Labute approximate surface area is 142 Å². The lowest BCUT2D eigenvalue weighted by molar-refractivity contribution is -0.115. The highest BCUT2D eigenvalue weighted by Gasteiger charge is 2.31. The number of hydrogen-bond donors (Lipinski definition) is 0. The van der Waals surface area contributed by atoms with Crippen LogP contribution in [-0.2, 0) is 14.8 Å². The van der Waals surface area contributed by atoms with Crippen molar-refractivity contribution in [1.29, 1.82) is 0 Å². The van der Waals surface area contributed by atoms with E-state index in [2.05, 4.69) is 0 Å². The van der Waals surface area contributed by atoms with Gasteiger partial charge in [0.05, 0.1) is 17.1 Å². The Kier molecular flexibility index (Phi) is 4.28. The molecule has 0 aliphatic carbocycles. The van der Waals surface area contributed by atoms with Crippen molar-refractivity contribution in [2.24, 2.45) is 0 Å². The maximum Gasteiger partial charge on any atom is 0.264 e. The van der Waals surface area contributed by atoms with E-state index in [-0.39, 0.29) is 17.2 Å². The number of aryl methyl sites for hydroxylation is 1. The number of anilines is 1. The zero-order valence-corrected chi connectivity index (χ0v) is 14.5. The molecule has 4 nitrogen and oxygen atoms in total. The average molecular weight is 341 g/mol. The summed E-state index contributed by atoms with van der Waals surface area (Å²) in [4.78, 5) is 12.4. The summed E-state index contributed by atoms with van der Waals surface area (Å²) in [6.07, 6.45) is 2.15. The number of nitrogens with zero attached hydrogens (tertiary/aromatic N) is 1. The molecule has 0 unspecified atom stereocenters. The fourth-order valence-corrected chi connectivity index (χ4v) is 4.23. The number of rotatable bonds is 4. The molecule has 2 aromatic rings. The van der Waals surface area contributed by atoms with E-state index in [9.17, 15) is 13.2 Å². The van der Waals surface area contributed by atoms with Gasteiger partial charge in [0.15, 0.2) is 5.78 Å². The Bertz CT molecular complexity index is 912. The standard InChI is InChI=1S/C19H19NO3S/c1-3-19(21)16-12-15-6-4-5-7-18(15)20(13-16)24(22,23)17-10-8-14(2)9-11-17/h4-12H,3,13H2,1-2H3. The fourth-order valence-electron chi connectivity index (χ4n) is 2.76. The fraction of sp³-hybridized carbons (Fsp3) is 0.211. The lowest BCUT2D eigenvalue weighted by Crippen LogP contribution is -2.36. The van der Waals surface area contributed by atoms with Crippen molar-refractivity contribution in [2.45, 2.75) is 25.2 Å². The summed E-state index contributed by atoms with van der Waals surface area (Å²) in [7, 11) is -3.73. The van der Waals surface area contributed by atoms with Gasteiger partial charge in [0.2, 0.25) is 0 Å². The van der Waals surface area contributed by atoms with Crippen LogP contribution in [-0.4, -0.2) is 20.7 Å². The van der Waals surface area contributed by atoms with E-state index in [1.807, 2.05) is 19.1 Å². The predicted molar refractivity (Wildman–Crippen MR) is 95.4 cm³/mol. The van der Waals surface area contributed by atoms with Crippen LogP contribution in [0.3, 0.4) is 0 Å².